The number of fused-ring (bicyclic) bond motifs is 1. The fraction of sp³-hybridized carbons (Fsp3) is 0.947. The first kappa shape index (κ1) is 19.5. The lowest BCUT2D eigenvalue weighted by atomic mass is 9.72. The minimum atomic E-state index is -2.53. The van der Waals surface area contributed by atoms with E-state index in [2.05, 4.69) is 28.4 Å². The first-order valence-electron chi connectivity index (χ1n) is 10.5. The highest BCUT2D eigenvalue weighted by molar-refractivity contribution is 5.79. The molecule has 4 rings (SSSR count). The van der Waals surface area contributed by atoms with Crippen LogP contribution in [0.5, 0.6) is 0 Å². The second-order valence-electron chi connectivity index (χ2n) is 8.90. The second-order valence-corrected chi connectivity index (χ2v) is 8.90. The van der Waals surface area contributed by atoms with Crippen LogP contribution in [-0.4, -0.2) is 43.4 Å². The number of rotatable bonds is 4. The quantitative estimate of drug-likeness (QED) is 0.592. The molecular formula is C19H32F2N4O2. The highest BCUT2D eigenvalue weighted by Crippen LogP contribution is 2.48. The molecule has 0 aromatic heterocycles. The first-order chi connectivity index (χ1) is 13.0. The normalized spacial score (nSPS) is 45.0. The minimum Gasteiger partial charge on any atom is -0.353 e. The lowest BCUT2D eigenvalue weighted by Crippen LogP contribution is -2.49. The molecule has 27 heavy (non-hydrogen) atoms. The smallest absolute Gasteiger partial charge is 0.279 e. The lowest BCUT2D eigenvalue weighted by molar-refractivity contribution is -0.127. The predicted molar refractivity (Wildman–Crippen MR) is 96.6 cm³/mol. The molecule has 8 heteroatoms. The number of carbonyl (C=O) groups excluding carboxylic acids is 1. The average molecular weight is 386 g/mol. The van der Waals surface area contributed by atoms with Gasteiger partial charge in [-0.2, -0.15) is 5.48 Å². The van der Waals surface area contributed by atoms with Gasteiger partial charge in [-0.25, -0.2) is 8.78 Å². The Kier molecular flexibility index (Phi) is 5.97. The number of carbonyl (C=O) groups is 1. The maximum absolute atomic E-state index is 12.9. The van der Waals surface area contributed by atoms with Gasteiger partial charge in [0.05, 0.1) is 6.17 Å². The molecule has 2 heterocycles. The molecule has 2 aliphatic heterocycles. The van der Waals surface area contributed by atoms with Crippen LogP contribution < -0.4 is 21.4 Å². The van der Waals surface area contributed by atoms with Crippen molar-refractivity contribution in [3.8, 4) is 0 Å². The van der Waals surface area contributed by atoms with Crippen molar-refractivity contribution in [3.05, 3.63) is 0 Å². The van der Waals surface area contributed by atoms with Crippen LogP contribution >= 0.6 is 0 Å². The Morgan fingerprint density at radius 2 is 1.93 bits per heavy atom. The van der Waals surface area contributed by atoms with E-state index in [1.54, 1.807) is 0 Å². The lowest BCUT2D eigenvalue weighted by Gasteiger charge is -2.37. The minimum absolute atomic E-state index is 0.121. The van der Waals surface area contributed by atoms with E-state index < -0.39 is 12.7 Å². The number of piperidine rings is 1. The summed E-state index contributed by atoms with van der Waals surface area (Å²) in [5, 5.41) is 9.59. The maximum Gasteiger partial charge on any atom is 0.279 e. The number of hydrogen-bond donors (Lipinski definition) is 4. The summed E-state index contributed by atoms with van der Waals surface area (Å²) < 4.78 is 25.6. The second kappa shape index (κ2) is 8.27. The molecule has 2 saturated carbocycles. The van der Waals surface area contributed by atoms with Gasteiger partial charge in [-0.05, 0) is 76.2 Å². The summed E-state index contributed by atoms with van der Waals surface area (Å²) in [6.07, 6.45) is 2.97. The van der Waals surface area contributed by atoms with Crippen molar-refractivity contribution in [1.82, 2.24) is 21.4 Å². The standard InChI is InChI=1S/C19H32F2N4O2/c1-10-8-13(6-7-22-10)23-18(26)15-5-2-11-9-12(3-4-14(11)15)17-24-19(16(20)21)27-25-17/h10-17,19,22,24-25H,2-9H2,1H3,(H,23,26)/t10?,11?,12?,13?,14?,15-,17?,19?/m0/s1. The summed E-state index contributed by atoms with van der Waals surface area (Å²) in [6.45, 7) is 3.13. The van der Waals surface area contributed by atoms with E-state index in [-0.39, 0.29) is 23.9 Å². The Morgan fingerprint density at radius 1 is 1.11 bits per heavy atom. The van der Waals surface area contributed by atoms with Crippen LogP contribution in [-0.2, 0) is 9.63 Å². The third-order valence-electron chi connectivity index (χ3n) is 7.12. The molecule has 0 bridgehead atoms. The third-order valence-corrected chi connectivity index (χ3v) is 7.12. The number of hydroxylamine groups is 1. The molecule has 4 fully saturated rings. The molecule has 8 atom stereocenters. The van der Waals surface area contributed by atoms with Crippen LogP contribution in [0.3, 0.4) is 0 Å². The van der Waals surface area contributed by atoms with Gasteiger partial charge in [-0.15, -0.1) is 0 Å². The van der Waals surface area contributed by atoms with E-state index in [1.165, 1.54) is 0 Å². The Labute approximate surface area is 159 Å². The van der Waals surface area contributed by atoms with Crippen LogP contribution in [0.1, 0.15) is 51.9 Å². The molecule has 4 aliphatic rings. The molecule has 6 nitrogen and oxygen atoms in total. The van der Waals surface area contributed by atoms with E-state index >= 15 is 0 Å². The van der Waals surface area contributed by atoms with E-state index in [1.807, 2.05) is 0 Å². The number of alkyl halides is 2. The summed E-state index contributed by atoms with van der Waals surface area (Å²) in [5.41, 5.74) is 2.75. The molecule has 2 aliphatic carbocycles. The molecular weight excluding hydrogens is 354 g/mol. The largest absolute Gasteiger partial charge is 0.353 e. The summed E-state index contributed by atoms with van der Waals surface area (Å²) >= 11 is 0. The molecule has 0 aromatic carbocycles. The van der Waals surface area contributed by atoms with Gasteiger partial charge in [0.2, 0.25) is 5.91 Å². The number of nitrogens with one attached hydrogen (secondary N) is 4. The highest BCUT2D eigenvalue weighted by atomic mass is 19.3. The average Bonchev–Trinajstić information content (AvgIpc) is 3.28. The number of halogens is 2. The highest BCUT2D eigenvalue weighted by Gasteiger charge is 2.46. The molecule has 0 spiro atoms. The van der Waals surface area contributed by atoms with Gasteiger partial charge in [0.15, 0.2) is 6.23 Å². The zero-order chi connectivity index (χ0) is 19.0. The van der Waals surface area contributed by atoms with Crippen molar-refractivity contribution in [3.63, 3.8) is 0 Å². The van der Waals surface area contributed by atoms with Gasteiger partial charge in [0.1, 0.15) is 0 Å². The van der Waals surface area contributed by atoms with Gasteiger partial charge < -0.3 is 10.6 Å². The predicted octanol–water partition coefficient (Wildman–Crippen LogP) is 1.73. The van der Waals surface area contributed by atoms with Gasteiger partial charge in [0, 0.05) is 18.0 Å². The maximum atomic E-state index is 12.9. The van der Waals surface area contributed by atoms with Crippen molar-refractivity contribution in [2.24, 2.45) is 23.7 Å². The van der Waals surface area contributed by atoms with E-state index in [0.717, 1.165) is 51.5 Å². The van der Waals surface area contributed by atoms with E-state index in [0.29, 0.717) is 23.9 Å². The van der Waals surface area contributed by atoms with Crippen LogP contribution in [0.2, 0.25) is 0 Å². The molecule has 7 unspecified atom stereocenters. The van der Waals surface area contributed by atoms with Crippen LogP contribution in [0.15, 0.2) is 0 Å². The van der Waals surface area contributed by atoms with Crippen LogP contribution in [0.4, 0.5) is 8.78 Å². The summed E-state index contributed by atoms with van der Waals surface area (Å²) in [6, 6.07) is 0.751. The number of amides is 1. The van der Waals surface area contributed by atoms with Gasteiger partial charge in [0.25, 0.3) is 6.43 Å². The number of hydrogen-bond acceptors (Lipinski definition) is 5. The Hall–Kier alpha value is -0.830. The third kappa shape index (κ3) is 4.28. The van der Waals surface area contributed by atoms with Gasteiger partial charge in [-0.3, -0.25) is 14.9 Å². The molecule has 2 saturated heterocycles. The van der Waals surface area contributed by atoms with Crippen molar-refractivity contribution in [2.75, 3.05) is 6.54 Å². The van der Waals surface area contributed by atoms with E-state index in [9.17, 15) is 13.6 Å². The molecule has 0 radical (unpaired) electrons. The van der Waals surface area contributed by atoms with Crippen LogP contribution in [0, 0.1) is 23.7 Å². The van der Waals surface area contributed by atoms with Gasteiger partial charge in [-0.1, -0.05) is 0 Å². The van der Waals surface area contributed by atoms with Crippen molar-refractivity contribution >= 4 is 5.91 Å². The Balaban J connectivity index is 1.28. The molecule has 4 N–H and O–H groups in total. The van der Waals surface area contributed by atoms with Gasteiger partial charge >= 0.3 is 0 Å². The summed E-state index contributed by atoms with van der Waals surface area (Å²) in [7, 11) is 0. The monoisotopic (exact) mass is 386 g/mol. The van der Waals surface area contributed by atoms with Crippen LogP contribution in [0.25, 0.3) is 0 Å². The fourth-order valence-electron chi connectivity index (χ4n) is 5.74. The Bertz CT molecular complexity index is 538. The van der Waals surface area contributed by atoms with Crippen molar-refractivity contribution < 1.29 is 18.4 Å². The summed E-state index contributed by atoms with van der Waals surface area (Å²) in [4.78, 5) is 17.8. The van der Waals surface area contributed by atoms with Crippen molar-refractivity contribution in [1.29, 1.82) is 0 Å². The Morgan fingerprint density at radius 3 is 2.67 bits per heavy atom. The molecule has 1 amide bonds. The SMILES string of the molecule is CC1CC(NC(=O)[C@H]2CCC3CC(C4NOC(C(F)F)N4)CCC32)CCN1. The topological polar surface area (TPSA) is 74.4 Å². The zero-order valence-electron chi connectivity index (χ0n) is 15.9. The van der Waals surface area contributed by atoms with E-state index in [4.69, 9.17) is 4.84 Å². The zero-order valence-corrected chi connectivity index (χ0v) is 15.9. The van der Waals surface area contributed by atoms with Crippen molar-refractivity contribution in [2.45, 2.75) is 82.8 Å². The molecule has 0 aromatic rings. The molecule has 154 valence electrons. The first-order valence-corrected chi connectivity index (χ1v) is 10.5. The summed E-state index contributed by atoms with van der Waals surface area (Å²) in [5.74, 6) is 1.59. The fourth-order valence-corrected chi connectivity index (χ4v) is 5.74.